The van der Waals surface area contributed by atoms with E-state index in [0.717, 1.165) is 67.2 Å². The summed E-state index contributed by atoms with van der Waals surface area (Å²) in [6, 6.07) is 18.1. The quantitative estimate of drug-likeness (QED) is 0.200. The van der Waals surface area contributed by atoms with Gasteiger partial charge >= 0.3 is 0 Å². The van der Waals surface area contributed by atoms with Crippen molar-refractivity contribution in [2.75, 3.05) is 0 Å². The predicted molar refractivity (Wildman–Crippen MR) is 147 cm³/mol. The first-order valence-corrected chi connectivity index (χ1v) is 13.3. The summed E-state index contributed by atoms with van der Waals surface area (Å²) < 4.78 is 28.8. The standard InChI is InChI=1S/C34H36F2/c1-3-5-7-8-10-12-31-23-21-30(26-33(31)35)18-17-27-13-15-28(16-14-27)19-22-32-24-20-29(25-34(32)36)11-9-6-4-2/h13-16,20-21,23-26H,3-12H2,1-2H3. The number of rotatable bonds is 10. The minimum atomic E-state index is -0.270. The highest BCUT2D eigenvalue weighted by molar-refractivity contribution is 5.48. The molecule has 0 radical (unpaired) electrons. The molecule has 0 heterocycles. The largest absolute Gasteiger partial charge is 0.207 e. The molecule has 0 fully saturated rings. The van der Waals surface area contributed by atoms with Crippen LogP contribution in [-0.2, 0) is 12.8 Å². The van der Waals surface area contributed by atoms with Gasteiger partial charge in [0.2, 0.25) is 0 Å². The summed E-state index contributed by atoms with van der Waals surface area (Å²) >= 11 is 0. The van der Waals surface area contributed by atoms with Crippen molar-refractivity contribution >= 4 is 0 Å². The molecule has 0 saturated heterocycles. The van der Waals surface area contributed by atoms with Crippen LogP contribution in [0.15, 0.2) is 60.7 Å². The smallest absolute Gasteiger partial charge is 0.139 e. The zero-order valence-electron chi connectivity index (χ0n) is 21.6. The minimum Gasteiger partial charge on any atom is -0.207 e. The summed E-state index contributed by atoms with van der Waals surface area (Å²) in [6.07, 6.45) is 10.9. The third-order valence-corrected chi connectivity index (χ3v) is 6.28. The van der Waals surface area contributed by atoms with Crippen LogP contribution in [0.1, 0.15) is 98.6 Å². The first-order valence-electron chi connectivity index (χ1n) is 13.3. The lowest BCUT2D eigenvalue weighted by Crippen LogP contribution is -1.92. The summed E-state index contributed by atoms with van der Waals surface area (Å²) in [7, 11) is 0. The van der Waals surface area contributed by atoms with Gasteiger partial charge < -0.3 is 0 Å². The Morgan fingerprint density at radius 1 is 0.528 bits per heavy atom. The van der Waals surface area contributed by atoms with Gasteiger partial charge in [-0.25, -0.2) is 8.78 Å². The van der Waals surface area contributed by atoms with Gasteiger partial charge in [-0.3, -0.25) is 0 Å². The minimum absolute atomic E-state index is 0.177. The lowest BCUT2D eigenvalue weighted by molar-refractivity contribution is 0.587. The molecule has 0 aromatic heterocycles. The van der Waals surface area contributed by atoms with Gasteiger partial charge in [-0.15, -0.1) is 0 Å². The molecule has 0 amide bonds. The lowest BCUT2D eigenvalue weighted by atomic mass is 10.0. The van der Waals surface area contributed by atoms with Gasteiger partial charge in [-0.05, 0) is 85.3 Å². The number of benzene rings is 3. The molecule has 0 atom stereocenters. The Kier molecular flexibility index (Phi) is 11.3. The van der Waals surface area contributed by atoms with Crippen LogP contribution in [-0.4, -0.2) is 0 Å². The summed E-state index contributed by atoms with van der Waals surface area (Å²) in [5.74, 6) is 11.6. The molecule has 0 aliphatic heterocycles. The zero-order chi connectivity index (χ0) is 25.6. The molecule has 3 aromatic rings. The van der Waals surface area contributed by atoms with Crippen LogP contribution >= 0.6 is 0 Å². The van der Waals surface area contributed by atoms with E-state index in [1.807, 2.05) is 42.5 Å². The zero-order valence-corrected chi connectivity index (χ0v) is 21.6. The molecule has 0 spiro atoms. The first-order chi connectivity index (χ1) is 17.6. The van der Waals surface area contributed by atoms with Crippen molar-refractivity contribution in [1.29, 1.82) is 0 Å². The number of hydrogen-bond donors (Lipinski definition) is 0. The number of halogens is 2. The normalized spacial score (nSPS) is 10.3. The molecule has 0 aliphatic rings. The van der Waals surface area contributed by atoms with Gasteiger partial charge in [0.15, 0.2) is 0 Å². The van der Waals surface area contributed by atoms with Gasteiger partial charge in [0.25, 0.3) is 0 Å². The summed E-state index contributed by atoms with van der Waals surface area (Å²) in [5, 5.41) is 0. The molecule has 0 bridgehead atoms. The van der Waals surface area contributed by atoms with Crippen molar-refractivity contribution in [2.24, 2.45) is 0 Å². The fourth-order valence-electron chi connectivity index (χ4n) is 4.06. The highest BCUT2D eigenvalue weighted by atomic mass is 19.1. The van der Waals surface area contributed by atoms with Crippen molar-refractivity contribution < 1.29 is 8.78 Å². The Morgan fingerprint density at radius 3 is 1.78 bits per heavy atom. The van der Waals surface area contributed by atoms with Crippen LogP contribution < -0.4 is 0 Å². The molecule has 2 heteroatoms. The maximum absolute atomic E-state index is 14.4. The molecule has 36 heavy (non-hydrogen) atoms. The Hall–Kier alpha value is -3.36. The summed E-state index contributed by atoms with van der Waals surface area (Å²) in [5.41, 5.74) is 4.48. The van der Waals surface area contributed by atoms with Gasteiger partial charge in [0, 0.05) is 16.7 Å². The number of aryl methyl sites for hydroxylation is 2. The van der Waals surface area contributed by atoms with Crippen molar-refractivity contribution in [3.63, 3.8) is 0 Å². The fourth-order valence-corrected chi connectivity index (χ4v) is 4.06. The van der Waals surface area contributed by atoms with Crippen molar-refractivity contribution in [3.05, 3.63) is 106 Å². The molecule has 3 aromatic carbocycles. The second-order valence-corrected chi connectivity index (χ2v) is 9.32. The van der Waals surface area contributed by atoms with Crippen LogP contribution in [0.4, 0.5) is 8.78 Å². The van der Waals surface area contributed by atoms with E-state index in [2.05, 4.69) is 37.5 Å². The van der Waals surface area contributed by atoms with E-state index in [1.165, 1.54) is 25.3 Å². The molecule has 0 saturated carbocycles. The van der Waals surface area contributed by atoms with E-state index in [4.69, 9.17) is 0 Å². The van der Waals surface area contributed by atoms with Gasteiger partial charge in [-0.2, -0.15) is 0 Å². The SMILES string of the molecule is CCCCCCCc1ccc(C#Cc2ccc(C#Cc3ccc(CCCCC)cc3F)cc2)cc1F. The van der Waals surface area contributed by atoms with Crippen LogP contribution in [0, 0.1) is 35.3 Å². The number of unbranched alkanes of at least 4 members (excludes halogenated alkanes) is 6. The number of hydrogen-bond acceptors (Lipinski definition) is 0. The topological polar surface area (TPSA) is 0 Å². The fraction of sp³-hybridized carbons (Fsp3) is 0.353. The molecule has 186 valence electrons. The highest BCUT2D eigenvalue weighted by Crippen LogP contribution is 2.15. The average Bonchev–Trinajstić information content (AvgIpc) is 2.88. The Morgan fingerprint density at radius 2 is 1.11 bits per heavy atom. The predicted octanol–water partition coefficient (Wildman–Crippen LogP) is 9.01. The van der Waals surface area contributed by atoms with E-state index in [0.29, 0.717) is 11.1 Å². The lowest BCUT2D eigenvalue weighted by Gasteiger charge is -2.04. The third-order valence-electron chi connectivity index (χ3n) is 6.28. The first kappa shape index (κ1) is 27.2. The van der Waals surface area contributed by atoms with Crippen molar-refractivity contribution in [3.8, 4) is 23.7 Å². The van der Waals surface area contributed by atoms with E-state index >= 15 is 0 Å². The molecule has 0 unspecified atom stereocenters. The van der Waals surface area contributed by atoms with E-state index < -0.39 is 0 Å². The molecule has 0 aliphatic carbocycles. The van der Waals surface area contributed by atoms with Gasteiger partial charge in [-0.1, -0.05) is 88.2 Å². The Balaban J connectivity index is 1.58. The van der Waals surface area contributed by atoms with Crippen LogP contribution in [0.3, 0.4) is 0 Å². The molecule has 0 N–H and O–H groups in total. The van der Waals surface area contributed by atoms with E-state index in [9.17, 15) is 8.78 Å². The van der Waals surface area contributed by atoms with Crippen molar-refractivity contribution in [2.45, 2.75) is 78.1 Å². The highest BCUT2D eigenvalue weighted by Gasteiger charge is 2.03. The molecular formula is C34H36F2. The van der Waals surface area contributed by atoms with Crippen LogP contribution in [0.5, 0.6) is 0 Å². The van der Waals surface area contributed by atoms with Crippen LogP contribution in [0.2, 0.25) is 0 Å². The second kappa shape index (κ2) is 14.9. The third kappa shape index (κ3) is 9.02. The summed E-state index contributed by atoms with van der Waals surface area (Å²) in [4.78, 5) is 0. The van der Waals surface area contributed by atoms with Gasteiger partial charge in [0.1, 0.15) is 11.6 Å². The second-order valence-electron chi connectivity index (χ2n) is 9.32. The Bertz CT molecular complexity index is 1230. The van der Waals surface area contributed by atoms with Gasteiger partial charge in [0.05, 0.1) is 5.56 Å². The van der Waals surface area contributed by atoms with Crippen LogP contribution in [0.25, 0.3) is 0 Å². The summed E-state index contributed by atoms with van der Waals surface area (Å²) in [6.45, 7) is 4.36. The molecule has 0 nitrogen and oxygen atoms in total. The maximum atomic E-state index is 14.4. The average molecular weight is 483 g/mol. The van der Waals surface area contributed by atoms with Crippen molar-refractivity contribution in [1.82, 2.24) is 0 Å². The Labute approximate surface area is 216 Å². The van der Waals surface area contributed by atoms with E-state index in [-0.39, 0.29) is 11.6 Å². The molecule has 3 rings (SSSR count). The van der Waals surface area contributed by atoms with E-state index in [1.54, 1.807) is 12.1 Å². The maximum Gasteiger partial charge on any atom is 0.139 e. The molecular weight excluding hydrogens is 446 g/mol. The monoisotopic (exact) mass is 482 g/mol.